The Morgan fingerprint density at radius 2 is 2.00 bits per heavy atom. The van der Waals surface area contributed by atoms with E-state index < -0.39 is 0 Å². The molecule has 1 N–H and O–H groups in total. The van der Waals surface area contributed by atoms with E-state index in [2.05, 4.69) is 61.7 Å². The van der Waals surface area contributed by atoms with Crippen molar-refractivity contribution >= 4 is 0 Å². The molecular formula is C15H30N4. The molecule has 0 aliphatic rings. The number of hydrogen-bond donors (Lipinski definition) is 1. The molecule has 4 heteroatoms. The van der Waals surface area contributed by atoms with Crippen molar-refractivity contribution in [1.29, 1.82) is 0 Å². The van der Waals surface area contributed by atoms with Crippen LogP contribution in [-0.2, 0) is 13.0 Å². The first-order chi connectivity index (χ1) is 8.84. The lowest BCUT2D eigenvalue weighted by molar-refractivity contribution is 0.263. The summed E-state index contributed by atoms with van der Waals surface area (Å²) in [4.78, 5) is 4.39. The van der Waals surface area contributed by atoms with Gasteiger partial charge in [-0.3, -0.25) is 0 Å². The van der Waals surface area contributed by atoms with Crippen molar-refractivity contribution in [3.8, 4) is 0 Å². The first-order valence-electron chi connectivity index (χ1n) is 7.38. The maximum absolute atomic E-state index is 4.39. The third-order valence-corrected chi connectivity index (χ3v) is 3.52. The van der Waals surface area contributed by atoms with Crippen LogP contribution in [0.5, 0.6) is 0 Å². The molecule has 1 unspecified atom stereocenters. The van der Waals surface area contributed by atoms with Gasteiger partial charge in [0.15, 0.2) is 0 Å². The van der Waals surface area contributed by atoms with Gasteiger partial charge in [-0.1, -0.05) is 34.6 Å². The molecular weight excluding hydrogens is 236 g/mol. The van der Waals surface area contributed by atoms with Gasteiger partial charge in [0.2, 0.25) is 0 Å². The fourth-order valence-electron chi connectivity index (χ4n) is 2.45. The van der Waals surface area contributed by atoms with Crippen LogP contribution in [0.3, 0.4) is 0 Å². The summed E-state index contributed by atoms with van der Waals surface area (Å²) in [5, 5.41) is 7.74. The van der Waals surface area contributed by atoms with E-state index in [0.717, 1.165) is 25.2 Å². The summed E-state index contributed by atoms with van der Waals surface area (Å²) in [6, 6.07) is 0.550. The molecule has 0 bridgehead atoms. The first-order valence-corrected chi connectivity index (χ1v) is 7.38. The van der Waals surface area contributed by atoms with Crippen LogP contribution in [0.2, 0.25) is 0 Å². The summed E-state index contributed by atoms with van der Waals surface area (Å²) in [6.45, 7) is 12.2. The molecule has 1 rings (SSSR count). The van der Waals surface area contributed by atoms with Gasteiger partial charge in [-0.15, -0.1) is 0 Å². The molecule has 0 aliphatic carbocycles. The zero-order chi connectivity index (χ0) is 14.5. The monoisotopic (exact) mass is 266 g/mol. The van der Waals surface area contributed by atoms with E-state index in [1.54, 1.807) is 6.33 Å². The lowest BCUT2D eigenvalue weighted by Gasteiger charge is -2.30. The lowest BCUT2D eigenvalue weighted by atomic mass is 9.84. The minimum atomic E-state index is 0.306. The van der Waals surface area contributed by atoms with Gasteiger partial charge in [0.25, 0.3) is 0 Å². The zero-order valence-corrected chi connectivity index (χ0v) is 13.4. The van der Waals surface area contributed by atoms with Gasteiger partial charge in [-0.2, -0.15) is 5.10 Å². The fraction of sp³-hybridized carbons (Fsp3) is 0.867. The quantitative estimate of drug-likeness (QED) is 0.825. The van der Waals surface area contributed by atoms with E-state index in [0.29, 0.717) is 17.4 Å². The van der Waals surface area contributed by atoms with Gasteiger partial charge in [0.05, 0.1) is 0 Å². The Bertz CT molecular complexity index is 362. The standard InChI is InChI=1S/C15H30N4/c1-12(2)10-19-14(17-11-18-19)9-7-8-13(16-6)15(3,4)5/h11-13,16H,7-10H2,1-6H3. The molecule has 4 nitrogen and oxygen atoms in total. The zero-order valence-electron chi connectivity index (χ0n) is 13.4. The molecule has 1 atom stereocenters. The smallest absolute Gasteiger partial charge is 0.138 e. The highest BCUT2D eigenvalue weighted by Crippen LogP contribution is 2.23. The molecule has 0 radical (unpaired) electrons. The molecule has 0 amide bonds. The summed E-state index contributed by atoms with van der Waals surface area (Å²) in [7, 11) is 2.05. The van der Waals surface area contributed by atoms with Crippen LogP contribution < -0.4 is 5.32 Å². The summed E-state index contributed by atoms with van der Waals surface area (Å²) in [5.74, 6) is 1.73. The van der Waals surface area contributed by atoms with Crippen molar-refractivity contribution in [1.82, 2.24) is 20.1 Å². The highest BCUT2D eigenvalue weighted by molar-refractivity contribution is 4.87. The van der Waals surface area contributed by atoms with Gasteiger partial charge >= 0.3 is 0 Å². The van der Waals surface area contributed by atoms with Crippen LogP contribution in [0.25, 0.3) is 0 Å². The Morgan fingerprint density at radius 1 is 1.32 bits per heavy atom. The van der Waals surface area contributed by atoms with Crippen LogP contribution in [0, 0.1) is 11.3 Å². The second-order valence-electron chi connectivity index (χ2n) is 6.85. The van der Waals surface area contributed by atoms with Crippen LogP contribution in [0.1, 0.15) is 53.3 Å². The molecule has 110 valence electrons. The molecule has 1 heterocycles. The van der Waals surface area contributed by atoms with Crippen LogP contribution in [-0.4, -0.2) is 27.9 Å². The Morgan fingerprint density at radius 3 is 2.53 bits per heavy atom. The highest BCUT2D eigenvalue weighted by atomic mass is 15.3. The van der Waals surface area contributed by atoms with Gasteiger partial charge in [0, 0.05) is 19.0 Å². The predicted molar refractivity (Wildman–Crippen MR) is 80.1 cm³/mol. The van der Waals surface area contributed by atoms with Crippen LogP contribution in [0.15, 0.2) is 6.33 Å². The van der Waals surface area contributed by atoms with Crippen molar-refractivity contribution in [2.45, 2.75) is 66.5 Å². The molecule has 1 aromatic heterocycles. The molecule has 0 saturated carbocycles. The molecule has 0 aromatic carbocycles. The van der Waals surface area contributed by atoms with Gasteiger partial charge < -0.3 is 5.32 Å². The van der Waals surface area contributed by atoms with E-state index in [-0.39, 0.29) is 0 Å². The van der Waals surface area contributed by atoms with E-state index in [9.17, 15) is 0 Å². The number of aromatic nitrogens is 3. The van der Waals surface area contributed by atoms with E-state index in [4.69, 9.17) is 0 Å². The SMILES string of the molecule is CNC(CCCc1ncnn1CC(C)C)C(C)(C)C. The second kappa shape index (κ2) is 7.04. The molecule has 1 aromatic rings. The van der Waals surface area contributed by atoms with Crippen molar-refractivity contribution in [3.05, 3.63) is 12.2 Å². The average Bonchev–Trinajstić information content (AvgIpc) is 2.69. The summed E-state index contributed by atoms with van der Waals surface area (Å²) in [6.07, 6.45) is 5.02. The van der Waals surface area contributed by atoms with Crippen molar-refractivity contribution < 1.29 is 0 Å². The third-order valence-electron chi connectivity index (χ3n) is 3.52. The molecule has 19 heavy (non-hydrogen) atoms. The van der Waals surface area contributed by atoms with E-state index in [1.165, 1.54) is 6.42 Å². The Labute approximate surface area is 118 Å². The summed E-state index contributed by atoms with van der Waals surface area (Å²) in [5.41, 5.74) is 0.306. The van der Waals surface area contributed by atoms with Crippen LogP contribution >= 0.6 is 0 Å². The largest absolute Gasteiger partial charge is 0.316 e. The van der Waals surface area contributed by atoms with E-state index in [1.807, 2.05) is 0 Å². The number of hydrogen-bond acceptors (Lipinski definition) is 3. The number of rotatable bonds is 7. The van der Waals surface area contributed by atoms with Gasteiger partial charge in [0.1, 0.15) is 12.2 Å². The number of aryl methyl sites for hydroxylation is 1. The molecule has 0 saturated heterocycles. The highest BCUT2D eigenvalue weighted by Gasteiger charge is 2.22. The summed E-state index contributed by atoms with van der Waals surface area (Å²) < 4.78 is 2.05. The number of nitrogens with zero attached hydrogens (tertiary/aromatic N) is 3. The Kier molecular flexibility index (Phi) is 5.98. The molecule has 0 aliphatic heterocycles. The average molecular weight is 266 g/mol. The molecule has 0 fully saturated rings. The predicted octanol–water partition coefficient (Wildman–Crippen LogP) is 2.89. The molecule has 0 spiro atoms. The minimum absolute atomic E-state index is 0.306. The number of nitrogens with one attached hydrogen (secondary N) is 1. The van der Waals surface area contributed by atoms with E-state index >= 15 is 0 Å². The topological polar surface area (TPSA) is 42.7 Å². The third kappa shape index (κ3) is 5.31. The summed E-state index contributed by atoms with van der Waals surface area (Å²) >= 11 is 0. The lowest BCUT2D eigenvalue weighted by Crippen LogP contribution is -2.38. The second-order valence-corrected chi connectivity index (χ2v) is 6.85. The normalized spacial score (nSPS) is 14.1. The van der Waals surface area contributed by atoms with Crippen molar-refractivity contribution in [3.63, 3.8) is 0 Å². The van der Waals surface area contributed by atoms with Gasteiger partial charge in [-0.05, 0) is 31.2 Å². The Hall–Kier alpha value is -0.900. The maximum atomic E-state index is 4.39. The van der Waals surface area contributed by atoms with Crippen molar-refractivity contribution in [2.24, 2.45) is 11.3 Å². The van der Waals surface area contributed by atoms with Crippen molar-refractivity contribution in [2.75, 3.05) is 7.05 Å². The fourth-order valence-corrected chi connectivity index (χ4v) is 2.45. The first kappa shape index (κ1) is 16.2. The Balaban J connectivity index is 2.47. The van der Waals surface area contributed by atoms with Gasteiger partial charge in [-0.25, -0.2) is 9.67 Å². The maximum Gasteiger partial charge on any atom is 0.138 e. The minimum Gasteiger partial charge on any atom is -0.316 e. The van der Waals surface area contributed by atoms with Crippen LogP contribution in [0.4, 0.5) is 0 Å².